The molecule has 1 saturated heterocycles. The Balaban J connectivity index is 1.09. The Kier molecular flexibility index (Phi) is 10.8. The van der Waals surface area contributed by atoms with E-state index in [9.17, 15) is 38.7 Å². The number of primary sulfonamides is 1. The molecular formula is C39H43N11O8S. The first-order chi connectivity index (χ1) is 28.3. The van der Waals surface area contributed by atoms with Crippen molar-refractivity contribution in [2.24, 2.45) is 5.14 Å². The fourth-order valence-electron chi connectivity index (χ4n) is 7.78. The molecule has 5 atom stereocenters. The number of aromatic hydroxyl groups is 2. The molecule has 4 heterocycles. The van der Waals surface area contributed by atoms with Gasteiger partial charge < -0.3 is 51.0 Å². The highest BCUT2D eigenvalue weighted by atomic mass is 32.2. The lowest BCUT2D eigenvalue weighted by molar-refractivity contribution is 0.00720. The van der Waals surface area contributed by atoms with Gasteiger partial charge in [0.15, 0.2) is 17.0 Å². The number of nitrogens with two attached hydrogens (primary N) is 1. The minimum atomic E-state index is -3.97. The number of sulfonamides is 1. The molecule has 1 unspecified atom stereocenters. The molecule has 0 spiro atoms. The SMILES string of the molecule is NS(=O)(=O)c1cccc(NC(=O)NC2CCN(c3nc(NCC(c4ccc(O)cc4)c4ccc(O)cc4)c4ncn([C@@H]5C[C@H](n6cc(CO)cn6)[C@@H](O)[C@H]5O)c4n3)C2)c1. The van der Waals surface area contributed by atoms with E-state index in [2.05, 4.69) is 21.0 Å². The number of amides is 2. The van der Waals surface area contributed by atoms with Crippen molar-refractivity contribution in [1.82, 2.24) is 34.6 Å². The number of carbonyl (C=O) groups excluding carboxylic acids is 1. The van der Waals surface area contributed by atoms with E-state index < -0.39 is 40.3 Å². The Morgan fingerprint density at radius 3 is 2.31 bits per heavy atom. The molecule has 19 nitrogen and oxygen atoms in total. The average Bonchev–Trinajstić information content (AvgIpc) is 4.03. The number of phenols is 2. The zero-order chi connectivity index (χ0) is 41.4. The lowest BCUT2D eigenvalue weighted by atomic mass is 9.91. The normalized spacial score (nSPS) is 20.7. The molecule has 8 rings (SSSR count). The van der Waals surface area contributed by atoms with Gasteiger partial charge in [0.25, 0.3) is 0 Å². The van der Waals surface area contributed by atoms with Gasteiger partial charge in [0, 0.05) is 49.0 Å². The van der Waals surface area contributed by atoms with Crippen LogP contribution in [0, 0.1) is 0 Å². The molecule has 1 aliphatic carbocycles. The van der Waals surface area contributed by atoms with Gasteiger partial charge in [0.2, 0.25) is 16.0 Å². The van der Waals surface area contributed by atoms with Gasteiger partial charge in [-0.15, -0.1) is 0 Å². The van der Waals surface area contributed by atoms with Crippen molar-refractivity contribution in [3.63, 3.8) is 0 Å². The van der Waals surface area contributed by atoms with E-state index >= 15 is 0 Å². The Bertz CT molecular complexity index is 2520. The number of aliphatic hydroxyl groups is 3. The van der Waals surface area contributed by atoms with E-state index in [1.165, 1.54) is 24.4 Å². The number of benzene rings is 3. The summed E-state index contributed by atoms with van der Waals surface area (Å²) in [6.45, 7) is 0.883. The molecule has 3 aromatic carbocycles. The highest BCUT2D eigenvalue weighted by molar-refractivity contribution is 7.89. The number of anilines is 3. The fraction of sp³-hybridized carbons (Fsp3) is 0.308. The lowest BCUT2D eigenvalue weighted by Crippen LogP contribution is -2.40. The van der Waals surface area contributed by atoms with Crippen LogP contribution < -0.4 is 26.0 Å². The van der Waals surface area contributed by atoms with Crippen LogP contribution in [0.25, 0.3) is 11.2 Å². The third-order valence-corrected chi connectivity index (χ3v) is 11.8. The van der Waals surface area contributed by atoms with Gasteiger partial charge in [-0.05, 0) is 66.4 Å². The van der Waals surface area contributed by atoms with Gasteiger partial charge in [0.05, 0.1) is 36.1 Å². The topological polar surface area (TPSA) is 279 Å². The Hall–Kier alpha value is -6.32. The molecule has 6 aromatic rings. The predicted octanol–water partition coefficient (Wildman–Crippen LogP) is 2.13. The molecule has 10 N–H and O–H groups in total. The molecule has 20 heteroatoms. The largest absolute Gasteiger partial charge is 0.508 e. The van der Waals surface area contributed by atoms with Gasteiger partial charge in [-0.25, -0.2) is 23.3 Å². The molecule has 0 radical (unpaired) electrons. The second-order valence-electron chi connectivity index (χ2n) is 14.8. The summed E-state index contributed by atoms with van der Waals surface area (Å²) < 4.78 is 26.9. The third kappa shape index (κ3) is 8.34. The Morgan fingerprint density at radius 1 is 0.949 bits per heavy atom. The number of hydrogen-bond donors (Lipinski definition) is 9. The number of phenolic OH excluding ortho intramolecular Hbond substituents is 2. The monoisotopic (exact) mass is 825 g/mol. The lowest BCUT2D eigenvalue weighted by Gasteiger charge is -2.22. The van der Waals surface area contributed by atoms with Crippen molar-refractivity contribution >= 4 is 44.7 Å². The van der Waals surface area contributed by atoms with Gasteiger partial charge in [-0.2, -0.15) is 15.1 Å². The number of rotatable bonds is 12. The van der Waals surface area contributed by atoms with Crippen LogP contribution in [0.4, 0.5) is 22.2 Å². The van der Waals surface area contributed by atoms with E-state index in [1.807, 2.05) is 29.2 Å². The number of carbonyl (C=O) groups is 1. The number of fused-ring (bicyclic) bond motifs is 1. The standard InChI is InChI=1S/C39H43N11O8S/c40-59(57,58)29-3-1-2-25(14-29)44-39(56)45-26-12-13-48(19-26)38-46-36(41-17-30(23-4-8-27(52)9-5-23)24-6-10-28(53)11-7-24)33-37(47-38)49(21-42-33)31-15-32(35(55)34(31)54)50-18-22(20-51)16-43-50/h1-11,14,16,18,21,26,30-32,34-35,51-55H,12-13,15,17,19-20H2,(H2,40,57,58)(H,41,46,47)(H2,44,45,56)/t26?,31-,32+,34+,35-/m1/s1. The summed E-state index contributed by atoms with van der Waals surface area (Å²) in [5.41, 5.74) is 3.39. The van der Waals surface area contributed by atoms with Gasteiger partial charge >= 0.3 is 6.03 Å². The number of hydrogen-bond acceptors (Lipinski definition) is 14. The molecule has 2 fully saturated rings. The van der Waals surface area contributed by atoms with Crippen LogP contribution >= 0.6 is 0 Å². The van der Waals surface area contributed by atoms with E-state index in [4.69, 9.17) is 20.1 Å². The maximum absolute atomic E-state index is 13.0. The third-order valence-electron chi connectivity index (χ3n) is 10.9. The number of aliphatic hydroxyl groups excluding tert-OH is 3. The predicted molar refractivity (Wildman–Crippen MR) is 215 cm³/mol. The Labute approximate surface area is 337 Å². The molecule has 3 aromatic heterocycles. The summed E-state index contributed by atoms with van der Waals surface area (Å²) >= 11 is 0. The molecule has 2 amide bonds. The van der Waals surface area contributed by atoms with E-state index in [0.29, 0.717) is 54.5 Å². The zero-order valence-corrected chi connectivity index (χ0v) is 32.3. The highest BCUT2D eigenvalue weighted by Crippen LogP contribution is 2.40. The quantitative estimate of drug-likeness (QED) is 0.0856. The van der Waals surface area contributed by atoms with Crippen molar-refractivity contribution in [2.45, 2.75) is 60.6 Å². The van der Waals surface area contributed by atoms with Gasteiger partial charge in [-0.3, -0.25) is 4.68 Å². The van der Waals surface area contributed by atoms with Crippen LogP contribution in [0.3, 0.4) is 0 Å². The van der Waals surface area contributed by atoms with Crippen LogP contribution in [-0.4, -0.2) is 107 Å². The summed E-state index contributed by atoms with van der Waals surface area (Å²) in [5.74, 6) is 0.686. The number of imidazole rings is 1. The first-order valence-corrected chi connectivity index (χ1v) is 20.4. The maximum atomic E-state index is 13.0. The smallest absolute Gasteiger partial charge is 0.319 e. The first kappa shape index (κ1) is 39.5. The fourth-order valence-corrected chi connectivity index (χ4v) is 8.34. The summed E-state index contributed by atoms with van der Waals surface area (Å²) in [6, 6.07) is 17.2. The summed E-state index contributed by atoms with van der Waals surface area (Å²) in [7, 11) is -3.97. The average molecular weight is 826 g/mol. The molecule has 1 saturated carbocycles. The van der Waals surface area contributed by atoms with Crippen LogP contribution in [0.2, 0.25) is 0 Å². The molecule has 308 valence electrons. The second-order valence-corrected chi connectivity index (χ2v) is 16.3. The van der Waals surface area contributed by atoms with Crippen molar-refractivity contribution in [1.29, 1.82) is 0 Å². The van der Waals surface area contributed by atoms with Gasteiger partial charge in [-0.1, -0.05) is 30.3 Å². The van der Waals surface area contributed by atoms with E-state index in [-0.39, 0.29) is 47.1 Å². The molecule has 1 aliphatic heterocycles. The maximum Gasteiger partial charge on any atom is 0.319 e. The van der Waals surface area contributed by atoms with E-state index in [1.54, 1.807) is 52.1 Å². The molecular weight excluding hydrogens is 783 g/mol. The minimum absolute atomic E-state index is 0.119. The van der Waals surface area contributed by atoms with Crippen LogP contribution in [0.15, 0.2) is 96.4 Å². The highest BCUT2D eigenvalue weighted by Gasteiger charge is 2.44. The second kappa shape index (κ2) is 16.1. The van der Waals surface area contributed by atoms with Crippen molar-refractivity contribution in [2.75, 3.05) is 35.2 Å². The van der Waals surface area contributed by atoms with Crippen molar-refractivity contribution in [3.05, 3.63) is 108 Å². The van der Waals surface area contributed by atoms with Crippen molar-refractivity contribution < 1.29 is 38.7 Å². The number of nitrogens with zero attached hydrogens (tertiary/aromatic N) is 7. The van der Waals surface area contributed by atoms with Crippen LogP contribution in [0.5, 0.6) is 11.5 Å². The Morgan fingerprint density at radius 2 is 1.64 bits per heavy atom. The molecule has 59 heavy (non-hydrogen) atoms. The van der Waals surface area contributed by atoms with Gasteiger partial charge in [0.1, 0.15) is 23.7 Å². The summed E-state index contributed by atoms with van der Waals surface area (Å²) in [6.07, 6.45) is 3.11. The number of aromatic nitrogens is 6. The first-order valence-electron chi connectivity index (χ1n) is 18.9. The number of nitrogens with one attached hydrogen (secondary N) is 3. The van der Waals surface area contributed by atoms with E-state index in [0.717, 1.165) is 11.1 Å². The van der Waals surface area contributed by atoms with Crippen molar-refractivity contribution in [3.8, 4) is 11.5 Å². The minimum Gasteiger partial charge on any atom is -0.508 e. The summed E-state index contributed by atoms with van der Waals surface area (Å²) in [5, 5.41) is 70.8. The molecule has 0 bridgehead atoms. The summed E-state index contributed by atoms with van der Waals surface area (Å²) in [4.78, 5) is 29.4. The zero-order valence-electron chi connectivity index (χ0n) is 31.4. The molecule has 2 aliphatic rings. The number of urea groups is 1. The van der Waals surface area contributed by atoms with Crippen LogP contribution in [0.1, 0.15) is 47.5 Å². The van der Waals surface area contributed by atoms with Crippen LogP contribution in [-0.2, 0) is 16.6 Å².